The minimum absolute atomic E-state index is 0.225. The fourth-order valence-corrected chi connectivity index (χ4v) is 1.42. The first kappa shape index (κ1) is 11.1. The second kappa shape index (κ2) is 5.01. The lowest BCUT2D eigenvalue weighted by atomic mass is 10.00. The Hall–Kier alpha value is -1.02. The molecule has 0 N–H and O–H groups in total. The molecule has 14 heavy (non-hydrogen) atoms. The van der Waals surface area contributed by atoms with E-state index >= 15 is 0 Å². The molecule has 0 saturated carbocycles. The molecule has 76 valence electrons. The van der Waals surface area contributed by atoms with Crippen molar-refractivity contribution in [3.63, 3.8) is 0 Å². The first-order chi connectivity index (χ1) is 6.69. The van der Waals surface area contributed by atoms with E-state index in [0.717, 1.165) is 11.1 Å². The minimum Gasteiger partial charge on any atom is -0.469 e. The van der Waals surface area contributed by atoms with Crippen molar-refractivity contribution in [3.05, 3.63) is 35.4 Å². The van der Waals surface area contributed by atoms with Crippen molar-refractivity contribution < 1.29 is 9.53 Å². The quantitative estimate of drug-likeness (QED) is 0.569. The zero-order valence-electron chi connectivity index (χ0n) is 8.29. The van der Waals surface area contributed by atoms with Crippen LogP contribution in [0, 0.1) is 0 Å². The number of alkyl halides is 1. The summed E-state index contributed by atoms with van der Waals surface area (Å²) in [6.07, 6.45) is 0. The van der Waals surface area contributed by atoms with E-state index in [1.807, 2.05) is 31.2 Å². The van der Waals surface area contributed by atoms with Crippen LogP contribution in [0.15, 0.2) is 24.3 Å². The molecule has 0 aliphatic carbocycles. The van der Waals surface area contributed by atoms with Crippen molar-refractivity contribution in [2.45, 2.75) is 18.7 Å². The van der Waals surface area contributed by atoms with Crippen LogP contribution < -0.4 is 0 Å². The van der Waals surface area contributed by atoms with Gasteiger partial charge in [-0.15, -0.1) is 11.6 Å². The SMILES string of the molecule is COC(=O)C(C)c1cccc(CCl)c1. The van der Waals surface area contributed by atoms with E-state index in [1.165, 1.54) is 7.11 Å². The first-order valence-corrected chi connectivity index (χ1v) is 4.95. The van der Waals surface area contributed by atoms with Gasteiger partial charge in [0, 0.05) is 5.88 Å². The van der Waals surface area contributed by atoms with Crippen LogP contribution in [0.3, 0.4) is 0 Å². The summed E-state index contributed by atoms with van der Waals surface area (Å²) < 4.78 is 4.67. The van der Waals surface area contributed by atoms with E-state index in [1.54, 1.807) is 0 Å². The van der Waals surface area contributed by atoms with E-state index in [9.17, 15) is 4.79 Å². The van der Waals surface area contributed by atoms with Gasteiger partial charge in [-0.3, -0.25) is 4.79 Å². The number of hydrogen-bond acceptors (Lipinski definition) is 2. The number of ether oxygens (including phenoxy) is 1. The molecule has 0 amide bonds. The predicted octanol–water partition coefficient (Wildman–Crippen LogP) is 2.70. The van der Waals surface area contributed by atoms with Gasteiger partial charge in [0.1, 0.15) is 0 Å². The molecule has 0 aliphatic heterocycles. The molecule has 1 aromatic carbocycles. The molecule has 1 unspecified atom stereocenters. The van der Waals surface area contributed by atoms with Crippen molar-refractivity contribution in [2.24, 2.45) is 0 Å². The summed E-state index contributed by atoms with van der Waals surface area (Å²) in [5.41, 5.74) is 1.95. The van der Waals surface area contributed by atoms with Gasteiger partial charge < -0.3 is 4.74 Å². The highest BCUT2D eigenvalue weighted by molar-refractivity contribution is 6.17. The number of rotatable bonds is 3. The third kappa shape index (κ3) is 2.48. The summed E-state index contributed by atoms with van der Waals surface area (Å²) in [6, 6.07) is 7.65. The first-order valence-electron chi connectivity index (χ1n) is 4.41. The number of hydrogen-bond donors (Lipinski definition) is 0. The van der Waals surface area contributed by atoms with Gasteiger partial charge in [-0.25, -0.2) is 0 Å². The zero-order valence-corrected chi connectivity index (χ0v) is 9.04. The maximum atomic E-state index is 11.3. The van der Waals surface area contributed by atoms with Crippen LogP contribution in [0.1, 0.15) is 24.0 Å². The molecular formula is C11H13ClO2. The Bertz CT molecular complexity index is 323. The summed E-state index contributed by atoms with van der Waals surface area (Å²) in [5.74, 6) is 0.00162. The standard InChI is InChI=1S/C11H13ClO2/c1-8(11(13)14-2)10-5-3-4-9(6-10)7-12/h3-6,8H,7H2,1-2H3. The number of carbonyl (C=O) groups excluding carboxylic acids is 1. The number of esters is 1. The number of benzene rings is 1. The third-order valence-electron chi connectivity index (χ3n) is 2.16. The Morgan fingerprint density at radius 1 is 1.57 bits per heavy atom. The zero-order chi connectivity index (χ0) is 10.6. The van der Waals surface area contributed by atoms with Crippen molar-refractivity contribution in [1.82, 2.24) is 0 Å². The fourth-order valence-electron chi connectivity index (χ4n) is 1.26. The molecular weight excluding hydrogens is 200 g/mol. The van der Waals surface area contributed by atoms with Crippen molar-refractivity contribution in [1.29, 1.82) is 0 Å². The van der Waals surface area contributed by atoms with Crippen LogP contribution in [0.5, 0.6) is 0 Å². The number of methoxy groups -OCH3 is 1. The lowest BCUT2D eigenvalue weighted by Gasteiger charge is -2.09. The maximum absolute atomic E-state index is 11.3. The van der Waals surface area contributed by atoms with Gasteiger partial charge in [-0.1, -0.05) is 24.3 Å². The molecule has 0 saturated heterocycles. The van der Waals surface area contributed by atoms with Crippen LogP contribution in [-0.4, -0.2) is 13.1 Å². The summed E-state index contributed by atoms with van der Waals surface area (Å²) in [6.45, 7) is 1.82. The van der Waals surface area contributed by atoms with Crippen molar-refractivity contribution in [2.75, 3.05) is 7.11 Å². The molecule has 1 rings (SSSR count). The van der Waals surface area contributed by atoms with Gasteiger partial charge in [-0.2, -0.15) is 0 Å². The van der Waals surface area contributed by atoms with Gasteiger partial charge in [0.15, 0.2) is 0 Å². The van der Waals surface area contributed by atoms with Gasteiger partial charge in [-0.05, 0) is 18.1 Å². The molecule has 0 fully saturated rings. The lowest BCUT2D eigenvalue weighted by molar-refractivity contribution is -0.141. The van der Waals surface area contributed by atoms with E-state index in [0.29, 0.717) is 5.88 Å². The molecule has 0 spiro atoms. The fraction of sp³-hybridized carbons (Fsp3) is 0.364. The summed E-state index contributed by atoms with van der Waals surface area (Å²) in [7, 11) is 1.39. The summed E-state index contributed by atoms with van der Waals surface area (Å²) >= 11 is 5.70. The molecule has 3 heteroatoms. The van der Waals surface area contributed by atoms with E-state index in [2.05, 4.69) is 4.74 Å². The third-order valence-corrected chi connectivity index (χ3v) is 2.47. The molecule has 0 aromatic heterocycles. The number of halogens is 1. The molecule has 0 aliphatic rings. The van der Waals surface area contributed by atoms with Crippen LogP contribution in [0.25, 0.3) is 0 Å². The van der Waals surface area contributed by atoms with Crippen LogP contribution in [0.4, 0.5) is 0 Å². The Labute approximate surface area is 88.8 Å². The molecule has 0 bridgehead atoms. The van der Waals surface area contributed by atoms with E-state index in [4.69, 9.17) is 11.6 Å². The van der Waals surface area contributed by atoms with Crippen LogP contribution in [0.2, 0.25) is 0 Å². The smallest absolute Gasteiger partial charge is 0.312 e. The lowest BCUT2D eigenvalue weighted by Crippen LogP contribution is -2.10. The van der Waals surface area contributed by atoms with Crippen LogP contribution >= 0.6 is 11.6 Å². The highest BCUT2D eigenvalue weighted by atomic mass is 35.5. The Balaban J connectivity index is 2.89. The van der Waals surface area contributed by atoms with Gasteiger partial charge >= 0.3 is 5.97 Å². The van der Waals surface area contributed by atoms with Gasteiger partial charge in [0.25, 0.3) is 0 Å². The van der Waals surface area contributed by atoms with Crippen LogP contribution in [-0.2, 0) is 15.4 Å². The topological polar surface area (TPSA) is 26.3 Å². The Morgan fingerprint density at radius 2 is 2.29 bits per heavy atom. The molecule has 0 heterocycles. The molecule has 2 nitrogen and oxygen atoms in total. The predicted molar refractivity (Wildman–Crippen MR) is 56.4 cm³/mol. The second-order valence-corrected chi connectivity index (χ2v) is 3.39. The Kier molecular flexibility index (Phi) is 3.96. The van der Waals surface area contributed by atoms with Crippen molar-refractivity contribution in [3.8, 4) is 0 Å². The Morgan fingerprint density at radius 3 is 2.86 bits per heavy atom. The minimum atomic E-state index is -0.233. The highest BCUT2D eigenvalue weighted by Crippen LogP contribution is 2.18. The van der Waals surface area contributed by atoms with Gasteiger partial charge in [0.05, 0.1) is 13.0 Å². The molecule has 1 aromatic rings. The normalized spacial score (nSPS) is 12.2. The molecule has 1 atom stereocenters. The molecule has 0 radical (unpaired) electrons. The second-order valence-electron chi connectivity index (χ2n) is 3.12. The highest BCUT2D eigenvalue weighted by Gasteiger charge is 2.15. The number of carbonyl (C=O) groups is 1. The largest absolute Gasteiger partial charge is 0.469 e. The van der Waals surface area contributed by atoms with Gasteiger partial charge in [0.2, 0.25) is 0 Å². The monoisotopic (exact) mass is 212 g/mol. The summed E-state index contributed by atoms with van der Waals surface area (Å²) in [4.78, 5) is 11.3. The maximum Gasteiger partial charge on any atom is 0.312 e. The van der Waals surface area contributed by atoms with E-state index < -0.39 is 0 Å². The summed E-state index contributed by atoms with van der Waals surface area (Å²) in [5, 5.41) is 0. The van der Waals surface area contributed by atoms with E-state index in [-0.39, 0.29) is 11.9 Å². The van der Waals surface area contributed by atoms with Crippen molar-refractivity contribution >= 4 is 17.6 Å². The average molecular weight is 213 g/mol. The average Bonchev–Trinajstić information content (AvgIpc) is 2.27.